The molecule has 2 aromatic rings. The first-order chi connectivity index (χ1) is 9.65. The molecule has 20 heavy (non-hydrogen) atoms. The summed E-state index contributed by atoms with van der Waals surface area (Å²) in [4.78, 5) is 11.8. The van der Waals surface area contributed by atoms with Gasteiger partial charge in [-0.3, -0.25) is 16.0 Å². The van der Waals surface area contributed by atoms with Crippen molar-refractivity contribution in [2.75, 3.05) is 17.0 Å². The summed E-state index contributed by atoms with van der Waals surface area (Å²) in [5, 5.41) is 14.2. The highest BCUT2D eigenvalue weighted by molar-refractivity contribution is 7.98. The van der Waals surface area contributed by atoms with Crippen LogP contribution < -0.4 is 16.6 Å². The lowest BCUT2D eigenvalue weighted by atomic mass is 10.2. The summed E-state index contributed by atoms with van der Waals surface area (Å²) in [6.07, 6.45) is 1.97. The zero-order chi connectivity index (χ0) is 14.5. The molecule has 2 rings (SSSR count). The normalized spacial score (nSPS) is 10.1. The summed E-state index contributed by atoms with van der Waals surface area (Å²) in [6.45, 7) is 0. The van der Waals surface area contributed by atoms with Crippen molar-refractivity contribution in [3.05, 3.63) is 52.6 Å². The highest BCUT2D eigenvalue weighted by Crippen LogP contribution is 2.34. The van der Waals surface area contributed by atoms with E-state index < -0.39 is 4.92 Å². The van der Waals surface area contributed by atoms with E-state index in [-0.39, 0.29) is 11.4 Å². The third-order valence-corrected chi connectivity index (χ3v) is 3.45. The molecule has 0 radical (unpaired) electrons. The van der Waals surface area contributed by atoms with Crippen LogP contribution in [0.3, 0.4) is 0 Å². The standard InChI is InChI=1S/C13H14N4O2S/c1-20-10-5-2-4-9(8-10)15-11-6-3-7-12(16-14)13(11)17(18)19/h2-8,15-16H,14H2,1H3. The molecule has 0 saturated carbocycles. The van der Waals surface area contributed by atoms with Crippen LogP contribution in [0, 0.1) is 10.1 Å². The van der Waals surface area contributed by atoms with Gasteiger partial charge in [0.1, 0.15) is 11.4 Å². The Morgan fingerprint density at radius 2 is 1.90 bits per heavy atom. The molecule has 0 aliphatic carbocycles. The van der Waals surface area contributed by atoms with E-state index >= 15 is 0 Å². The number of nitrogens with one attached hydrogen (secondary N) is 2. The molecule has 104 valence electrons. The van der Waals surface area contributed by atoms with Crippen molar-refractivity contribution in [1.82, 2.24) is 0 Å². The lowest BCUT2D eigenvalue weighted by molar-refractivity contribution is -0.383. The van der Waals surface area contributed by atoms with Gasteiger partial charge in [0.15, 0.2) is 0 Å². The molecule has 2 aromatic carbocycles. The molecule has 0 saturated heterocycles. The van der Waals surface area contributed by atoms with Gasteiger partial charge in [-0.15, -0.1) is 11.8 Å². The third kappa shape index (κ3) is 3.01. The number of hydrazine groups is 1. The Kier molecular flexibility index (Phi) is 4.44. The van der Waals surface area contributed by atoms with E-state index in [1.165, 1.54) is 0 Å². The van der Waals surface area contributed by atoms with E-state index in [0.29, 0.717) is 5.69 Å². The molecule has 0 fully saturated rings. The number of para-hydroxylation sites is 1. The number of nitro groups is 1. The fourth-order valence-corrected chi connectivity index (χ4v) is 2.27. The van der Waals surface area contributed by atoms with Crippen LogP contribution in [-0.4, -0.2) is 11.2 Å². The quantitative estimate of drug-likeness (QED) is 0.338. The zero-order valence-electron chi connectivity index (χ0n) is 10.8. The van der Waals surface area contributed by atoms with E-state index in [9.17, 15) is 10.1 Å². The van der Waals surface area contributed by atoms with Crippen molar-refractivity contribution in [3.63, 3.8) is 0 Å². The predicted molar refractivity (Wildman–Crippen MR) is 82.4 cm³/mol. The lowest BCUT2D eigenvalue weighted by Gasteiger charge is -2.10. The number of thioether (sulfide) groups is 1. The molecule has 0 bridgehead atoms. The molecule has 0 aliphatic heterocycles. The molecule has 0 heterocycles. The number of nitrogens with zero attached hydrogens (tertiary/aromatic N) is 1. The van der Waals surface area contributed by atoms with E-state index in [1.54, 1.807) is 30.0 Å². The summed E-state index contributed by atoms with van der Waals surface area (Å²) in [5.41, 5.74) is 3.70. The summed E-state index contributed by atoms with van der Waals surface area (Å²) >= 11 is 1.61. The Morgan fingerprint density at radius 1 is 1.20 bits per heavy atom. The second-order valence-electron chi connectivity index (χ2n) is 3.96. The molecule has 6 nitrogen and oxygen atoms in total. The van der Waals surface area contributed by atoms with E-state index in [4.69, 9.17) is 5.84 Å². The SMILES string of the molecule is CSc1cccc(Nc2cccc(NN)c2[N+](=O)[O-])c1. The largest absolute Gasteiger partial charge is 0.350 e. The summed E-state index contributed by atoms with van der Waals surface area (Å²) in [6, 6.07) is 12.5. The first-order valence-corrected chi connectivity index (χ1v) is 7.03. The average Bonchev–Trinajstić information content (AvgIpc) is 2.46. The van der Waals surface area contributed by atoms with Crippen molar-refractivity contribution < 1.29 is 4.92 Å². The third-order valence-electron chi connectivity index (χ3n) is 2.72. The zero-order valence-corrected chi connectivity index (χ0v) is 11.6. The van der Waals surface area contributed by atoms with Crippen LogP contribution in [0.5, 0.6) is 0 Å². The van der Waals surface area contributed by atoms with Gasteiger partial charge in [0.25, 0.3) is 0 Å². The molecular formula is C13H14N4O2S. The number of nitro benzene ring substituents is 1. The van der Waals surface area contributed by atoms with Gasteiger partial charge in [0, 0.05) is 10.6 Å². The summed E-state index contributed by atoms with van der Waals surface area (Å²) < 4.78 is 0. The fourth-order valence-electron chi connectivity index (χ4n) is 1.81. The van der Waals surface area contributed by atoms with Crippen molar-refractivity contribution >= 4 is 34.5 Å². The van der Waals surface area contributed by atoms with Crippen LogP contribution in [0.1, 0.15) is 0 Å². The van der Waals surface area contributed by atoms with Crippen LogP contribution in [0.15, 0.2) is 47.4 Å². The monoisotopic (exact) mass is 290 g/mol. The highest BCUT2D eigenvalue weighted by Gasteiger charge is 2.19. The molecule has 7 heteroatoms. The number of anilines is 3. The van der Waals surface area contributed by atoms with Crippen LogP contribution in [0.25, 0.3) is 0 Å². The number of hydrogen-bond acceptors (Lipinski definition) is 6. The number of hydrogen-bond donors (Lipinski definition) is 3. The van der Waals surface area contributed by atoms with Crippen molar-refractivity contribution in [2.45, 2.75) is 4.90 Å². The number of rotatable bonds is 5. The molecule has 0 spiro atoms. The highest BCUT2D eigenvalue weighted by atomic mass is 32.2. The van der Waals surface area contributed by atoms with E-state index in [0.717, 1.165) is 10.6 Å². The van der Waals surface area contributed by atoms with E-state index in [1.807, 2.05) is 30.5 Å². The summed E-state index contributed by atoms with van der Waals surface area (Å²) in [7, 11) is 0. The minimum absolute atomic E-state index is 0.0791. The molecule has 0 aliphatic rings. The molecule has 0 atom stereocenters. The van der Waals surface area contributed by atoms with Crippen LogP contribution in [0.2, 0.25) is 0 Å². The maximum atomic E-state index is 11.2. The van der Waals surface area contributed by atoms with Crippen LogP contribution in [0.4, 0.5) is 22.7 Å². The Morgan fingerprint density at radius 3 is 2.55 bits per heavy atom. The molecule has 0 unspecified atom stereocenters. The van der Waals surface area contributed by atoms with E-state index in [2.05, 4.69) is 10.7 Å². The van der Waals surface area contributed by atoms with Crippen molar-refractivity contribution in [2.24, 2.45) is 5.84 Å². The Balaban J connectivity index is 2.40. The average molecular weight is 290 g/mol. The van der Waals surface area contributed by atoms with Gasteiger partial charge in [-0.25, -0.2) is 0 Å². The minimum Gasteiger partial charge on any atom is -0.350 e. The summed E-state index contributed by atoms with van der Waals surface area (Å²) in [5.74, 6) is 5.31. The topological polar surface area (TPSA) is 93.2 Å². The molecular weight excluding hydrogens is 276 g/mol. The lowest BCUT2D eigenvalue weighted by Crippen LogP contribution is -2.10. The smallest absolute Gasteiger partial charge is 0.316 e. The number of nitrogen functional groups attached to an aromatic ring is 1. The van der Waals surface area contributed by atoms with Gasteiger partial charge in [-0.1, -0.05) is 12.1 Å². The van der Waals surface area contributed by atoms with Crippen molar-refractivity contribution in [3.8, 4) is 0 Å². The van der Waals surface area contributed by atoms with Gasteiger partial charge in [-0.05, 0) is 36.6 Å². The van der Waals surface area contributed by atoms with Crippen LogP contribution >= 0.6 is 11.8 Å². The van der Waals surface area contributed by atoms with Gasteiger partial charge in [-0.2, -0.15) is 0 Å². The maximum Gasteiger partial charge on any atom is 0.316 e. The second kappa shape index (κ2) is 6.27. The van der Waals surface area contributed by atoms with Crippen molar-refractivity contribution in [1.29, 1.82) is 0 Å². The fraction of sp³-hybridized carbons (Fsp3) is 0.0769. The molecule has 0 aromatic heterocycles. The maximum absolute atomic E-state index is 11.2. The van der Waals surface area contributed by atoms with Gasteiger partial charge >= 0.3 is 5.69 Å². The Labute approximate surface area is 120 Å². The first kappa shape index (κ1) is 14.2. The van der Waals surface area contributed by atoms with Gasteiger partial charge < -0.3 is 10.7 Å². The van der Waals surface area contributed by atoms with Gasteiger partial charge in [0.2, 0.25) is 0 Å². The molecule has 0 amide bonds. The number of nitrogens with two attached hydrogens (primary N) is 1. The molecule has 4 N–H and O–H groups in total. The Bertz CT molecular complexity index is 634. The number of benzene rings is 2. The Hall–Kier alpha value is -2.25. The van der Waals surface area contributed by atoms with Crippen LogP contribution in [-0.2, 0) is 0 Å². The second-order valence-corrected chi connectivity index (χ2v) is 4.84. The first-order valence-electron chi connectivity index (χ1n) is 5.81. The van der Waals surface area contributed by atoms with Gasteiger partial charge in [0.05, 0.1) is 4.92 Å². The predicted octanol–water partition coefficient (Wildman–Crippen LogP) is 3.35. The minimum atomic E-state index is -0.462.